The Kier molecular flexibility index (Phi) is 3.44. The zero-order valence-electron chi connectivity index (χ0n) is 8.92. The number of nitrogens with two attached hydrogens (primary N) is 1. The van der Waals surface area contributed by atoms with Crippen LogP contribution in [0, 0.1) is 5.82 Å². The topological polar surface area (TPSA) is 47.6 Å². The number of aliphatic imine (C=N–C) groups is 1. The summed E-state index contributed by atoms with van der Waals surface area (Å²) in [6, 6.07) is 4.30. The molecule has 0 aromatic heterocycles. The van der Waals surface area contributed by atoms with Gasteiger partial charge in [0.25, 0.3) is 0 Å². The van der Waals surface area contributed by atoms with Gasteiger partial charge in [0, 0.05) is 10.0 Å². The standard InChI is InChI=1S/C11H11BrF2N2O/c12-7-1-2-9(14)8(3-7)11(5-13)6-17-4-10(15)16-11/h1-3H,4-6H2,(H2,15,16). The molecule has 1 aliphatic heterocycles. The van der Waals surface area contributed by atoms with Crippen LogP contribution in [0.1, 0.15) is 5.56 Å². The van der Waals surface area contributed by atoms with E-state index in [-0.39, 0.29) is 24.6 Å². The van der Waals surface area contributed by atoms with Crippen LogP contribution >= 0.6 is 15.9 Å². The van der Waals surface area contributed by atoms with Crippen LogP contribution in [0.5, 0.6) is 0 Å². The second kappa shape index (κ2) is 4.70. The van der Waals surface area contributed by atoms with Crippen molar-refractivity contribution in [1.29, 1.82) is 0 Å². The first-order chi connectivity index (χ1) is 8.07. The first-order valence-corrected chi connectivity index (χ1v) is 5.80. The highest BCUT2D eigenvalue weighted by atomic mass is 79.9. The van der Waals surface area contributed by atoms with Crippen LogP contribution in [0.2, 0.25) is 0 Å². The molecule has 0 aliphatic carbocycles. The number of hydrogen-bond donors (Lipinski definition) is 1. The third-order valence-corrected chi connectivity index (χ3v) is 3.09. The SMILES string of the molecule is NC1=NC(CF)(c2cc(Br)ccc2F)COC1. The maximum Gasteiger partial charge on any atom is 0.142 e. The monoisotopic (exact) mass is 304 g/mol. The third-order valence-electron chi connectivity index (χ3n) is 2.60. The molecular weight excluding hydrogens is 294 g/mol. The van der Waals surface area contributed by atoms with Gasteiger partial charge < -0.3 is 10.5 Å². The van der Waals surface area contributed by atoms with Gasteiger partial charge in [-0.1, -0.05) is 15.9 Å². The summed E-state index contributed by atoms with van der Waals surface area (Å²) in [6.45, 7) is -0.726. The van der Waals surface area contributed by atoms with E-state index in [1.54, 1.807) is 6.07 Å². The minimum atomic E-state index is -1.36. The second-order valence-corrected chi connectivity index (χ2v) is 4.80. The Balaban J connectivity index is 2.54. The molecule has 2 rings (SSSR count). The molecule has 3 nitrogen and oxygen atoms in total. The number of benzene rings is 1. The lowest BCUT2D eigenvalue weighted by molar-refractivity contribution is 0.0808. The van der Waals surface area contributed by atoms with E-state index in [1.807, 2.05) is 0 Å². The van der Waals surface area contributed by atoms with E-state index in [0.717, 1.165) is 0 Å². The summed E-state index contributed by atoms with van der Waals surface area (Å²) in [7, 11) is 0. The molecule has 1 heterocycles. The molecule has 0 fully saturated rings. The number of amidine groups is 1. The van der Waals surface area contributed by atoms with E-state index in [1.165, 1.54) is 12.1 Å². The Morgan fingerprint density at radius 2 is 2.29 bits per heavy atom. The maximum atomic E-state index is 13.8. The normalized spacial score (nSPS) is 24.5. The minimum Gasteiger partial charge on any atom is -0.385 e. The molecule has 92 valence electrons. The Morgan fingerprint density at radius 3 is 2.94 bits per heavy atom. The highest BCUT2D eigenvalue weighted by Crippen LogP contribution is 2.33. The van der Waals surface area contributed by atoms with Gasteiger partial charge in [-0.2, -0.15) is 0 Å². The van der Waals surface area contributed by atoms with Crippen molar-refractivity contribution in [1.82, 2.24) is 0 Å². The molecule has 0 amide bonds. The Hall–Kier alpha value is -1.01. The van der Waals surface area contributed by atoms with E-state index in [4.69, 9.17) is 10.5 Å². The van der Waals surface area contributed by atoms with Gasteiger partial charge in [-0.3, -0.25) is 4.99 Å². The average Bonchev–Trinajstić information content (AvgIpc) is 2.32. The molecule has 17 heavy (non-hydrogen) atoms. The summed E-state index contributed by atoms with van der Waals surface area (Å²) in [6.07, 6.45) is 0. The van der Waals surface area contributed by atoms with Crippen LogP contribution in [-0.4, -0.2) is 25.7 Å². The molecule has 0 spiro atoms. The van der Waals surface area contributed by atoms with E-state index in [0.29, 0.717) is 4.47 Å². The van der Waals surface area contributed by atoms with E-state index < -0.39 is 18.0 Å². The largest absolute Gasteiger partial charge is 0.385 e. The zero-order chi connectivity index (χ0) is 12.5. The fraction of sp³-hybridized carbons (Fsp3) is 0.364. The highest BCUT2D eigenvalue weighted by molar-refractivity contribution is 9.10. The van der Waals surface area contributed by atoms with Crippen molar-refractivity contribution in [3.05, 3.63) is 34.1 Å². The number of hydrogen-bond acceptors (Lipinski definition) is 3. The average molecular weight is 305 g/mol. The van der Waals surface area contributed by atoms with E-state index in [9.17, 15) is 8.78 Å². The summed E-state index contributed by atoms with van der Waals surface area (Å²) in [4.78, 5) is 4.04. The zero-order valence-corrected chi connectivity index (χ0v) is 10.5. The lowest BCUT2D eigenvalue weighted by Gasteiger charge is -2.31. The Bertz CT molecular complexity index is 467. The van der Waals surface area contributed by atoms with Gasteiger partial charge in [0.1, 0.15) is 30.5 Å². The predicted octanol–water partition coefficient (Wildman–Crippen LogP) is 2.14. The molecule has 2 N–H and O–H groups in total. The molecule has 1 aromatic carbocycles. The summed E-state index contributed by atoms with van der Waals surface area (Å²) in [5.41, 5.74) is 4.32. The van der Waals surface area contributed by atoms with Crippen molar-refractivity contribution in [2.75, 3.05) is 19.9 Å². The number of alkyl halides is 1. The number of ether oxygens (including phenoxy) is 1. The predicted molar refractivity (Wildman–Crippen MR) is 64.2 cm³/mol. The second-order valence-electron chi connectivity index (χ2n) is 3.89. The number of rotatable bonds is 2. The summed E-state index contributed by atoms with van der Waals surface area (Å²) in [5, 5.41) is 0. The van der Waals surface area contributed by atoms with Gasteiger partial charge in [-0.05, 0) is 18.2 Å². The van der Waals surface area contributed by atoms with Crippen molar-refractivity contribution >= 4 is 21.8 Å². The molecule has 0 radical (unpaired) electrons. The Morgan fingerprint density at radius 1 is 1.53 bits per heavy atom. The van der Waals surface area contributed by atoms with Crippen LogP contribution in [0.15, 0.2) is 27.7 Å². The van der Waals surface area contributed by atoms with Crippen LogP contribution < -0.4 is 5.73 Å². The molecular formula is C11H11BrF2N2O. The summed E-state index contributed by atoms with van der Waals surface area (Å²) >= 11 is 3.22. The van der Waals surface area contributed by atoms with Crippen LogP contribution in [0.4, 0.5) is 8.78 Å². The van der Waals surface area contributed by atoms with Crippen LogP contribution in [0.3, 0.4) is 0 Å². The molecule has 0 saturated carbocycles. The maximum absolute atomic E-state index is 13.8. The highest BCUT2D eigenvalue weighted by Gasteiger charge is 2.38. The van der Waals surface area contributed by atoms with E-state index >= 15 is 0 Å². The minimum absolute atomic E-state index is 0.0163. The molecule has 1 aromatic rings. The summed E-state index contributed by atoms with van der Waals surface area (Å²) < 4.78 is 32.9. The Labute approximate surface area is 106 Å². The lowest BCUT2D eigenvalue weighted by Crippen LogP contribution is -2.41. The molecule has 0 saturated heterocycles. The van der Waals surface area contributed by atoms with Crippen molar-refractivity contribution in [2.24, 2.45) is 10.7 Å². The van der Waals surface area contributed by atoms with Crippen molar-refractivity contribution in [2.45, 2.75) is 5.54 Å². The smallest absolute Gasteiger partial charge is 0.142 e. The van der Waals surface area contributed by atoms with Gasteiger partial charge in [-0.15, -0.1) is 0 Å². The van der Waals surface area contributed by atoms with Crippen molar-refractivity contribution in [3.63, 3.8) is 0 Å². The first kappa shape index (κ1) is 12.4. The quantitative estimate of drug-likeness (QED) is 0.910. The fourth-order valence-corrected chi connectivity index (χ4v) is 2.16. The van der Waals surface area contributed by atoms with E-state index in [2.05, 4.69) is 20.9 Å². The first-order valence-electron chi connectivity index (χ1n) is 5.01. The van der Waals surface area contributed by atoms with Gasteiger partial charge in [0.05, 0.1) is 6.61 Å². The van der Waals surface area contributed by atoms with Gasteiger partial charge in [0.2, 0.25) is 0 Å². The van der Waals surface area contributed by atoms with Crippen LogP contribution in [-0.2, 0) is 10.3 Å². The lowest BCUT2D eigenvalue weighted by atomic mass is 9.91. The van der Waals surface area contributed by atoms with Gasteiger partial charge >= 0.3 is 0 Å². The molecule has 6 heteroatoms. The summed E-state index contributed by atoms with van der Waals surface area (Å²) in [5.74, 6) is -0.346. The van der Waals surface area contributed by atoms with Gasteiger partial charge in [-0.25, -0.2) is 8.78 Å². The van der Waals surface area contributed by atoms with Crippen LogP contribution in [0.25, 0.3) is 0 Å². The molecule has 1 unspecified atom stereocenters. The number of nitrogens with zero attached hydrogens (tertiary/aromatic N) is 1. The fourth-order valence-electron chi connectivity index (χ4n) is 1.80. The third kappa shape index (κ3) is 2.32. The number of halogens is 3. The van der Waals surface area contributed by atoms with Crippen molar-refractivity contribution < 1.29 is 13.5 Å². The molecule has 0 bridgehead atoms. The van der Waals surface area contributed by atoms with Crippen molar-refractivity contribution in [3.8, 4) is 0 Å². The van der Waals surface area contributed by atoms with Gasteiger partial charge in [0.15, 0.2) is 0 Å². The molecule has 1 aliphatic rings. The molecule has 1 atom stereocenters.